The van der Waals surface area contributed by atoms with E-state index in [0.717, 1.165) is 32.4 Å². The Morgan fingerprint density at radius 2 is 1.88 bits per heavy atom. The lowest BCUT2D eigenvalue weighted by atomic mass is 10.2. The minimum atomic E-state index is -0.140. The van der Waals surface area contributed by atoms with Gasteiger partial charge in [-0.05, 0) is 32.4 Å². The van der Waals surface area contributed by atoms with Gasteiger partial charge in [-0.1, -0.05) is 6.92 Å². The first-order valence-electron chi connectivity index (χ1n) is 6.06. The highest BCUT2D eigenvalue weighted by molar-refractivity contribution is 5.77. The van der Waals surface area contributed by atoms with Crippen LogP contribution in [0.1, 0.15) is 32.6 Å². The highest BCUT2D eigenvalue weighted by atomic mass is 16.2. The van der Waals surface area contributed by atoms with Crippen LogP contribution in [0, 0.1) is 0 Å². The van der Waals surface area contributed by atoms with Gasteiger partial charge in [-0.2, -0.15) is 0 Å². The molecule has 0 aliphatic heterocycles. The maximum atomic E-state index is 11.3. The predicted molar refractivity (Wildman–Crippen MR) is 67.0 cm³/mol. The molecule has 0 aromatic rings. The van der Waals surface area contributed by atoms with Crippen LogP contribution in [0.4, 0.5) is 0 Å². The van der Waals surface area contributed by atoms with Gasteiger partial charge in [-0.25, -0.2) is 5.84 Å². The standard InChI is InChI=1S/C11H24N4O2/c1-3-7-15(9-11(17)13-2)8-5-4-6-10(16)14-12/h3-9,12H2,1-2H3,(H,13,17)(H,14,16). The summed E-state index contributed by atoms with van der Waals surface area (Å²) >= 11 is 0. The van der Waals surface area contributed by atoms with Gasteiger partial charge in [0, 0.05) is 13.5 Å². The Labute approximate surface area is 103 Å². The van der Waals surface area contributed by atoms with E-state index in [1.807, 2.05) is 0 Å². The molecule has 0 saturated heterocycles. The average Bonchev–Trinajstić information content (AvgIpc) is 2.34. The SMILES string of the molecule is CCCN(CCCCC(=O)NN)CC(=O)NC. The van der Waals surface area contributed by atoms with Crippen LogP contribution in [0.15, 0.2) is 0 Å². The van der Waals surface area contributed by atoms with Crippen molar-refractivity contribution in [2.24, 2.45) is 5.84 Å². The highest BCUT2D eigenvalue weighted by Gasteiger charge is 2.08. The Morgan fingerprint density at radius 3 is 2.41 bits per heavy atom. The van der Waals surface area contributed by atoms with Crippen molar-refractivity contribution in [3.8, 4) is 0 Å². The molecule has 0 aliphatic carbocycles. The minimum Gasteiger partial charge on any atom is -0.358 e. The van der Waals surface area contributed by atoms with E-state index in [-0.39, 0.29) is 11.8 Å². The third kappa shape index (κ3) is 8.65. The summed E-state index contributed by atoms with van der Waals surface area (Å²) in [7, 11) is 1.64. The fraction of sp³-hybridized carbons (Fsp3) is 0.818. The third-order valence-electron chi connectivity index (χ3n) is 2.48. The van der Waals surface area contributed by atoms with Crippen molar-refractivity contribution in [2.45, 2.75) is 32.6 Å². The van der Waals surface area contributed by atoms with Crippen LogP contribution in [-0.2, 0) is 9.59 Å². The third-order valence-corrected chi connectivity index (χ3v) is 2.48. The molecule has 0 aromatic carbocycles. The van der Waals surface area contributed by atoms with Gasteiger partial charge in [0.05, 0.1) is 6.54 Å². The van der Waals surface area contributed by atoms with E-state index in [1.165, 1.54) is 0 Å². The first kappa shape index (κ1) is 15.9. The first-order chi connectivity index (χ1) is 8.13. The molecule has 0 atom stereocenters. The Balaban J connectivity index is 3.76. The smallest absolute Gasteiger partial charge is 0.233 e. The summed E-state index contributed by atoms with van der Waals surface area (Å²) in [6, 6.07) is 0. The zero-order chi connectivity index (χ0) is 13.1. The molecular weight excluding hydrogens is 220 g/mol. The van der Waals surface area contributed by atoms with Gasteiger partial charge < -0.3 is 5.32 Å². The van der Waals surface area contributed by atoms with E-state index in [9.17, 15) is 9.59 Å². The van der Waals surface area contributed by atoms with Crippen LogP contribution in [0.5, 0.6) is 0 Å². The first-order valence-corrected chi connectivity index (χ1v) is 6.06. The molecule has 0 bridgehead atoms. The molecule has 0 aliphatic rings. The number of carbonyl (C=O) groups is 2. The van der Waals surface area contributed by atoms with Crippen molar-refractivity contribution in [3.63, 3.8) is 0 Å². The monoisotopic (exact) mass is 244 g/mol. The molecule has 0 rings (SSSR count). The molecule has 4 N–H and O–H groups in total. The maximum absolute atomic E-state index is 11.3. The fourth-order valence-corrected chi connectivity index (χ4v) is 1.56. The molecule has 0 unspecified atom stereocenters. The van der Waals surface area contributed by atoms with Crippen molar-refractivity contribution in [1.82, 2.24) is 15.6 Å². The van der Waals surface area contributed by atoms with Crippen LogP contribution in [0.2, 0.25) is 0 Å². The van der Waals surface area contributed by atoms with E-state index in [2.05, 4.69) is 22.6 Å². The molecular formula is C11H24N4O2. The zero-order valence-electron chi connectivity index (χ0n) is 10.8. The van der Waals surface area contributed by atoms with E-state index in [0.29, 0.717) is 13.0 Å². The summed E-state index contributed by atoms with van der Waals surface area (Å²) in [5.41, 5.74) is 2.10. The van der Waals surface area contributed by atoms with Gasteiger partial charge in [-0.15, -0.1) is 0 Å². The largest absolute Gasteiger partial charge is 0.358 e. The number of hydrogen-bond acceptors (Lipinski definition) is 4. The predicted octanol–water partition coefficient (Wildman–Crippen LogP) is -0.395. The molecule has 0 saturated carbocycles. The maximum Gasteiger partial charge on any atom is 0.233 e. The van der Waals surface area contributed by atoms with Gasteiger partial charge in [0.25, 0.3) is 0 Å². The Bertz CT molecular complexity index is 234. The number of unbranched alkanes of at least 4 members (excludes halogenated alkanes) is 1. The Hall–Kier alpha value is -1.14. The van der Waals surface area contributed by atoms with E-state index in [1.54, 1.807) is 7.05 Å². The second kappa shape index (κ2) is 10.0. The molecule has 0 spiro atoms. The molecule has 17 heavy (non-hydrogen) atoms. The van der Waals surface area contributed by atoms with E-state index in [4.69, 9.17) is 5.84 Å². The Kier molecular flexibility index (Phi) is 9.37. The molecule has 0 aromatic heterocycles. The lowest BCUT2D eigenvalue weighted by Gasteiger charge is -2.20. The van der Waals surface area contributed by atoms with Crippen molar-refractivity contribution >= 4 is 11.8 Å². The average molecular weight is 244 g/mol. The summed E-state index contributed by atoms with van der Waals surface area (Å²) in [5, 5.41) is 2.61. The van der Waals surface area contributed by atoms with Gasteiger partial charge in [-0.3, -0.25) is 19.9 Å². The second-order valence-corrected chi connectivity index (χ2v) is 3.97. The van der Waals surface area contributed by atoms with Gasteiger partial charge in [0.15, 0.2) is 0 Å². The van der Waals surface area contributed by atoms with Crippen LogP contribution in [-0.4, -0.2) is 43.4 Å². The number of nitrogens with one attached hydrogen (secondary N) is 2. The lowest BCUT2D eigenvalue weighted by Crippen LogP contribution is -2.36. The van der Waals surface area contributed by atoms with Crippen molar-refractivity contribution < 1.29 is 9.59 Å². The molecule has 6 nitrogen and oxygen atoms in total. The summed E-state index contributed by atoms with van der Waals surface area (Å²) in [4.78, 5) is 24.2. The summed E-state index contributed by atoms with van der Waals surface area (Å²) < 4.78 is 0. The molecule has 0 radical (unpaired) electrons. The van der Waals surface area contributed by atoms with Crippen LogP contribution in [0.3, 0.4) is 0 Å². The number of rotatable bonds is 9. The Morgan fingerprint density at radius 1 is 1.18 bits per heavy atom. The van der Waals surface area contributed by atoms with Crippen LogP contribution in [0.25, 0.3) is 0 Å². The van der Waals surface area contributed by atoms with E-state index >= 15 is 0 Å². The topological polar surface area (TPSA) is 87.5 Å². The normalized spacial score (nSPS) is 10.4. The second-order valence-electron chi connectivity index (χ2n) is 3.97. The molecule has 0 fully saturated rings. The van der Waals surface area contributed by atoms with Crippen molar-refractivity contribution in [3.05, 3.63) is 0 Å². The van der Waals surface area contributed by atoms with Gasteiger partial charge in [0.2, 0.25) is 11.8 Å². The summed E-state index contributed by atoms with van der Waals surface area (Å²) in [6.07, 6.45) is 3.14. The van der Waals surface area contributed by atoms with Crippen LogP contribution < -0.4 is 16.6 Å². The number of likely N-dealkylation sites (N-methyl/N-ethyl adjacent to an activating group) is 1. The van der Waals surface area contributed by atoms with E-state index < -0.39 is 0 Å². The molecule has 0 heterocycles. The summed E-state index contributed by atoms with van der Waals surface area (Å²) in [6.45, 7) is 4.24. The molecule has 100 valence electrons. The fourth-order valence-electron chi connectivity index (χ4n) is 1.56. The van der Waals surface area contributed by atoms with Crippen LogP contribution >= 0.6 is 0 Å². The van der Waals surface area contributed by atoms with Crippen molar-refractivity contribution in [2.75, 3.05) is 26.7 Å². The zero-order valence-corrected chi connectivity index (χ0v) is 10.8. The quantitative estimate of drug-likeness (QED) is 0.223. The number of hydrogen-bond donors (Lipinski definition) is 3. The van der Waals surface area contributed by atoms with Gasteiger partial charge >= 0.3 is 0 Å². The number of nitrogens with zero attached hydrogens (tertiary/aromatic N) is 1. The summed E-state index contributed by atoms with van der Waals surface area (Å²) in [5.74, 6) is 4.87. The lowest BCUT2D eigenvalue weighted by molar-refractivity contribution is -0.122. The highest BCUT2D eigenvalue weighted by Crippen LogP contribution is 2.00. The number of amides is 2. The van der Waals surface area contributed by atoms with Gasteiger partial charge in [0.1, 0.15) is 0 Å². The molecule has 2 amide bonds. The number of carbonyl (C=O) groups excluding carboxylic acids is 2. The minimum absolute atomic E-state index is 0.0261. The number of nitrogens with two attached hydrogens (primary N) is 1. The number of hydrazine groups is 1. The molecule has 6 heteroatoms. The van der Waals surface area contributed by atoms with Crippen molar-refractivity contribution in [1.29, 1.82) is 0 Å².